The molecule has 112 valence electrons. The van der Waals surface area contributed by atoms with Gasteiger partial charge in [-0.3, -0.25) is 9.69 Å². The summed E-state index contributed by atoms with van der Waals surface area (Å²) in [5.41, 5.74) is 2.13. The van der Waals surface area contributed by atoms with Crippen LogP contribution in [0.3, 0.4) is 0 Å². The van der Waals surface area contributed by atoms with Gasteiger partial charge in [0.05, 0.1) is 6.04 Å². The number of amides is 3. The van der Waals surface area contributed by atoms with Crippen LogP contribution in [0.25, 0.3) is 0 Å². The summed E-state index contributed by atoms with van der Waals surface area (Å²) in [6.07, 6.45) is 0. The number of urea groups is 1. The molecule has 0 bridgehead atoms. The third-order valence-corrected chi connectivity index (χ3v) is 3.75. The summed E-state index contributed by atoms with van der Waals surface area (Å²) in [5, 5.41) is 2.78. The minimum atomic E-state index is -0.615. The van der Waals surface area contributed by atoms with E-state index in [0.717, 1.165) is 16.8 Å². The lowest BCUT2D eigenvalue weighted by molar-refractivity contribution is -0.138. The maximum Gasteiger partial charge on any atom is 0.329 e. The monoisotopic (exact) mass is 286 g/mol. The van der Waals surface area contributed by atoms with Crippen LogP contribution in [0.15, 0.2) is 41.6 Å². The van der Waals surface area contributed by atoms with E-state index in [1.807, 2.05) is 65.0 Å². The van der Waals surface area contributed by atoms with Crippen molar-refractivity contribution in [3.05, 3.63) is 47.2 Å². The summed E-state index contributed by atoms with van der Waals surface area (Å²) in [6, 6.07) is 8.97. The molecule has 0 aliphatic carbocycles. The lowest BCUT2D eigenvalue weighted by Gasteiger charge is -2.39. The molecule has 2 rings (SSSR count). The average Bonchev–Trinajstić information content (AvgIpc) is 2.41. The topological polar surface area (TPSA) is 49.4 Å². The second kappa shape index (κ2) is 5.35. The van der Waals surface area contributed by atoms with Crippen molar-refractivity contribution < 1.29 is 9.59 Å². The van der Waals surface area contributed by atoms with Crippen LogP contribution in [0.2, 0.25) is 0 Å². The molecule has 1 atom stereocenters. The van der Waals surface area contributed by atoms with Gasteiger partial charge in [0, 0.05) is 11.1 Å². The molecule has 1 aliphatic rings. The van der Waals surface area contributed by atoms with E-state index in [9.17, 15) is 9.59 Å². The van der Waals surface area contributed by atoms with Crippen molar-refractivity contribution >= 4 is 11.9 Å². The van der Waals surface area contributed by atoms with E-state index in [1.165, 1.54) is 4.90 Å². The molecule has 0 aromatic heterocycles. The molecule has 1 N–H and O–H groups in total. The summed E-state index contributed by atoms with van der Waals surface area (Å²) >= 11 is 0. The second-order valence-electron chi connectivity index (χ2n) is 6.48. The minimum Gasteiger partial charge on any atom is -0.311 e. The number of rotatable bonds is 1. The number of allylic oxidation sites excluding steroid dienone is 1. The number of carbonyl (C=O) groups excluding carboxylic acids is 2. The zero-order chi connectivity index (χ0) is 15.8. The first-order valence-electron chi connectivity index (χ1n) is 7.10. The highest BCUT2D eigenvalue weighted by Gasteiger charge is 2.40. The van der Waals surface area contributed by atoms with Crippen LogP contribution in [-0.4, -0.2) is 16.8 Å². The van der Waals surface area contributed by atoms with Crippen LogP contribution in [0, 0.1) is 5.41 Å². The number of imide groups is 1. The molecule has 1 aromatic rings. The Hall–Kier alpha value is -2.10. The summed E-state index contributed by atoms with van der Waals surface area (Å²) in [4.78, 5) is 26.4. The molecule has 0 radical (unpaired) electrons. The van der Waals surface area contributed by atoms with Crippen molar-refractivity contribution in [2.45, 2.75) is 40.7 Å². The smallest absolute Gasteiger partial charge is 0.311 e. The van der Waals surface area contributed by atoms with Gasteiger partial charge < -0.3 is 5.32 Å². The summed E-state index contributed by atoms with van der Waals surface area (Å²) in [7, 11) is 0. The van der Waals surface area contributed by atoms with E-state index in [1.54, 1.807) is 0 Å². The molecular weight excluding hydrogens is 264 g/mol. The summed E-state index contributed by atoms with van der Waals surface area (Å²) in [6.45, 7) is 9.29. The molecule has 0 fully saturated rings. The lowest BCUT2D eigenvalue weighted by Crippen LogP contribution is -2.52. The highest BCUT2D eigenvalue weighted by Crippen LogP contribution is 2.35. The lowest BCUT2D eigenvalue weighted by atomic mass is 9.89. The summed E-state index contributed by atoms with van der Waals surface area (Å²) < 4.78 is 0. The van der Waals surface area contributed by atoms with Gasteiger partial charge in [-0.1, -0.05) is 51.1 Å². The quantitative estimate of drug-likeness (QED) is 0.857. The van der Waals surface area contributed by atoms with Crippen molar-refractivity contribution in [3.63, 3.8) is 0 Å². The van der Waals surface area contributed by atoms with E-state index in [0.29, 0.717) is 0 Å². The molecule has 1 heterocycles. The third-order valence-electron chi connectivity index (χ3n) is 3.75. The Morgan fingerprint density at radius 3 is 2.24 bits per heavy atom. The zero-order valence-corrected chi connectivity index (χ0v) is 13.2. The highest BCUT2D eigenvalue weighted by molar-refractivity contribution is 5.99. The van der Waals surface area contributed by atoms with E-state index >= 15 is 0 Å². The number of benzene rings is 1. The molecule has 0 unspecified atom stereocenters. The molecule has 1 aliphatic heterocycles. The van der Waals surface area contributed by atoms with E-state index < -0.39 is 5.41 Å². The first-order chi connectivity index (χ1) is 9.73. The number of carbonyl (C=O) groups is 2. The molecule has 4 heteroatoms. The van der Waals surface area contributed by atoms with E-state index in [-0.39, 0.29) is 18.0 Å². The Balaban J connectivity index is 2.56. The fourth-order valence-electron chi connectivity index (χ4n) is 2.44. The number of hydrogen-bond acceptors (Lipinski definition) is 2. The Morgan fingerprint density at radius 2 is 1.71 bits per heavy atom. The Labute approximate surface area is 125 Å². The summed E-state index contributed by atoms with van der Waals surface area (Å²) in [5.74, 6) is -0.180. The number of nitrogens with zero attached hydrogens (tertiary/aromatic N) is 1. The minimum absolute atomic E-state index is 0.180. The average molecular weight is 286 g/mol. The predicted molar refractivity (Wildman–Crippen MR) is 82.4 cm³/mol. The van der Waals surface area contributed by atoms with Crippen LogP contribution >= 0.6 is 0 Å². The van der Waals surface area contributed by atoms with Crippen molar-refractivity contribution in [1.82, 2.24) is 10.2 Å². The van der Waals surface area contributed by atoms with E-state index in [4.69, 9.17) is 0 Å². The fraction of sp³-hybridized carbons (Fsp3) is 0.412. The van der Waals surface area contributed by atoms with Crippen molar-refractivity contribution in [2.75, 3.05) is 0 Å². The second-order valence-corrected chi connectivity index (χ2v) is 6.48. The van der Waals surface area contributed by atoms with Crippen molar-refractivity contribution in [3.8, 4) is 0 Å². The first-order valence-corrected chi connectivity index (χ1v) is 7.10. The number of hydrogen-bond donors (Lipinski definition) is 1. The maximum atomic E-state index is 12.7. The standard InChI is InChI=1S/C17H22N2O2/c1-11-12(2)18-16(21)19(15(20)17(3,4)5)14(11)13-9-7-6-8-10-13/h6-10,14H,1-5H3,(H,18,21)/t14-/m1/s1. The largest absolute Gasteiger partial charge is 0.329 e. The van der Waals surface area contributed by atoms with Gasteiger partial charge in [0.15, 0.2) is 0 Å². The van der Waals surface area contributed by atoms with Crippen molar-refractivity contribution in [2.24, 2.45) is 5.41 Å². The third kappa shape index (κ3) is 2.84. The van der Waals surface area contributed by atoms with Crippen LogP contribution in [-0.2, 0) is 4.79 Å². The normalized spacial score (nSPS) is 19.6. The molecular formula is C17H22N2O2. The SMILES string of the molecule is CC1=C(C)[C@H](c2ccccc2)N(C(=O)C(C)(C)C)C(=O)N1. The van der Waals surface area contributed by atoms with Gasteiger partial charge in [-0.15, -0.1) is 0 Å². The number of nitrogens with one attached hydrogen (secondary N) is 1. The molecule has 0 saturated heterocycles. The van der Waals surface area contributed by atoms with Gasteiger partial charge in [0.1, 0.15) is 0 Å². The molecule has 4 nitrogen and oxygen atoms in total. The molecule has 1 aromatic carbocycles. The van der Waals surface area contributed by atoms with Gasteiger partial charge in [0.25, 0.3) is 0 Å². The maximum absolute atomic E-state index is 12.7. The first kappa shape index (κ1) is 15.3. The zero-order valence-electron chi connectivity index (χ0n) is 13.2. The van der Waals surface area contributed by atoms with Crippen LogP contribution < -0.4 is 5.32 Å². The highest BCUT2D eigenvalue weighted by atomic mass is 16.2. The molecule has 0 saturated carbocycles. The van der Waals surface area contributed by atoms with E-state index in [2.05, 4.69) is 5.32 Å². The van der Waals surface area contributed by atoms with Crippen LogP contribution in [0.1, 0.15) is 46.2 Å². The van der Waals surface area contributed by atoms with Crippen molar-refractivity contribution in [1.29, 1.82) is 0 Å². The Morgan fingerprint density at radius 1 is 1.14 bits per heavy atom. The molecule has 0 spiro atoms. The van der Waals surface area contributed by atoms with Crippen LogP contribution in [0.4, 0.5) is 4.79 Å². The predicted octanol–water partition coefficient (Wildman–Crippen LogP) is 3.62. The Bertz CT molecular complexity index is 597. The van der Waals surface area contributed by atoms with Gasteiger partial charge in [0.2, 0.25) is 5.91 Å². The van der Waals surface area contributed by atoms with Gasteiger partial charge in [-0.2, -0.15) is 0 Å². The molecule has 21 heavy (non-hydrogen) atoms. The molecule has 3 amide bonds. The Kier molecular flexibility index (Phi) is 3.90. The fourth-order valence-corrected chi connectivity index (χ4v) is 2.44. The van der Waals surface area contributed by atoms with Crippen LogP contribution in [0.5, 0.6) is 0 Å². The van der Waals surface area contributed by atoms with Gasteiger partial charge in [-0.05, 0) is 25.0 Å². The van der Waals surface area contributed by atoms with Gasteiger partial charge in [-0.25, -0.2) is 4.79 Å². The van der Waals surface area contributed by atoms with Gasteiger partial charge >= 0.3 is 6.03 Å².